The lowest BCUT2D eigenvalue weighted by atomic mass is 10.0. The maximum Gasteiger partial charge on any atom is 0.224 e. The topological polar surface area (TPSA) is 46.9 Å². The smallest absolute Gasteiger partial charge is 0.224 e. The van der Waals surface area contributed by atoms with E-state index in [4.69, 9.17) is 0 Å². The highest BCUT2D eigenvalue weighted by molar-refractivity contribution is 5.83. The van der Waals surface area contributed by atoms with Crippen molar-refractivity contribution in [2.75, 3.05) is 0 Å². The normalized spacial score (nSPS) is 18.5. The van der Waals surface area contributed by atoms with Crippen molar-refractivity contribution in [3.63, 3.8) is 0 Å². The maximum atomic E-state index is 12.5. The Kier molecular flexibility index (Phi) is 4.57. The van der Waals surface area contributed by atoms with Crippen LogP contribution in [0.2, 0.25) is 0 Å². The van der Waals surface area contributed by atoms with Gasteiger partial charge in [-0.25, -0.2) is 4.98 Å². The fourth-order valence-electron chi connectivity index (χ4n) is 3.58. The Bertz CT molecular complexity index is 901. The minimum atomic E-state index is 0.116. The largest absolute Gasteiger partial charge is 0.352 e. The van der Waals surface area contributed by atoms with E-state index in [0.29, 0.717) is 12.5 Å². The molecular formula is C22H23N3O. The Morgan fingerprint density at radius 2 is 2.04 bits per heavy atom. The van der Waals surface area contributed by atoms with Crippen LogP contribution in [0.15, 0.2) is 67.3 Å². The molecule has 0 radical (unpaired) electrons. The molecule has 26 heavy (non-hydrogen) atoms. The Labute approximate surface area is 153 Å². The molecule has 4 nitrogen and oxygen atoms in total. The molecule has 1 saturated carbocycles. The van der Waals surface area contributed by atoms with Gasteiger partial charge in [-0.05, 0) is 41.5 Å². The molecule has 0 saturated heterocycles. The molecule has 4 rings (SSSR count). The molecule has 0 spiro atoms. The minimum Gasteiger partial charge on any atom is -0.352 e. The molecule has 0 bridgehead atoms. The van der Waals surface area contributed by atoms with Crippen molar-refractivity contribution in [1.82, 2.24) is 14.9 Å². The third-order valence-electron chi connectivity index (χ3n) is 5.10. The van der Waals surface area contributed by atoms with Gasteiger partial charge in [-0.3, -0.25) is 4.79 Å². The number of carbonyl (C=O) groups excluding carboxylic acids is 1. The minimum absolute atomic E-state index is 0.116. The summed E-state index contributed by atoms with van der Waals surface area (Å²) in [6, 6.07) is 16.7. The van der Waals surface area contributed by atoms with Crippen molar-refractivity contribution in [3.05, 3.63) is 89.5 Å². The van der Waals surface area contributed by atoms with Crippen molar-refractivity contribution >= 4 is 5.91 Å². The van der Waals surface area contributed by atoms with Gasteiger partial charge in [0.25, 0.3) is 0 Å². The average molecular weight is 345 g/mol. The zero-order chi connectivity index (χ0) is 17.9. The molecule has 1 aliphatic rings. The van der Waals surface area contributed by atoms with Crippen LogP contribution in [0.25, 0.3) is 0 Å². The van der Waals surface area contributed by atoms with Crippen molar-refractivity contribution in [2.45, 2.75) is 32.4 Å². The van der Waals surface area contributed by atoms with E-state index in [1.54, 1.807) is 6.20 Å². The van der Waals surface area contributed by atoms with E-state index in [2.05, 4.69) is 53.6 Å². The molecule has 4 heteroatoms. The van der Waals surface area contributed by atoms with Crippen LogP contribution in [0, 0.1) is 12.8 Å². The number of nitrogens with one attached hydrogen (secondary N) is 1. The van der Waals surface area contributed by atoms with E-state index in [1.165, 1.54) is 16.7 Å². The van der Waals surface area contributed by atoms with Gasteiger partial charge >= 0.3 is 0 Å². The molecule has 0 aliphatic heterocycles. The zero-order valence-electron chi connectivity index (χ0n) is 14.9. The maximum absolute atomic E-state index is 12.5. The predicted octanol–water partition coefficient (Wildman–Crippen LogP) is 3.66. The van der Waals surface area contributed by atoms with Gasteiger partial charge in [0, 0.05) is 31.4 Å². The molecule has 1 N–H and O–H groups in total. The van der Waals surface area contributed by atoms with Crippen LogP contribution in [0.1, 0.15) is 34.6 Å². The molecule has 1 fully saturated rings. The molecule has 1 aromatic heterocycles. The molecule has 132 valence electrons. The number of hydrogen-bond acceptors (Lipinski definition) is 2. The van der Waals surface area contributed by atoms with Gasteiger partial charge in [0.05, 0.1) is 6.33 Å². The number of carbonyl (C=O) groups is 1. The summed E-state index contributed by atoms with van der Waals surface area (Å²) in [6.07, 6.45) is 6.50. The molecule has 1 aliphatic carbocycles. The Balaban J connectivity index is 1.33. The third-order valence-corrected chi connectivity index (χ3v) is 5.10. The summed E-state index contributed by atoms with van der Waals surface area (Å²) in [6.45, 7) is 3.49. The van der Waals surface area contributed by atoms with Gasteiger partial charge in [-0.1, -0.05) is 48.5 Å². The standard InChI is InChI=1S/C22H23N3O/c1-16-5-2-3-8-19(16)20-12-21(20)22(26)24-13-17-6-4-7-18(11-17)14-25-10-9-23-15-25/h2-11,15,20-21H,12-14H2,1H3,(H,24,26)/t20-,21+/m0/s1. The van der Waals surface area contributed by atoms with Gasteiger partial charge in [-0.2, -0.15) is 0 Å². The summed E-state index contributed by atoms with van der Waals surface area (Å²) in [5, 5.41) is 3.11. The third kappa shape index (κ3) is 3.69. The fraction of sp³-hybridized carbons (Fsp3) is 0.273. The van der Waals surface area contributed by atoms with Gasteiger partial charge in [0.15, 0.2) is 0 Å². The highest BCUT2D eigenvalue weighted by Gasteiger charge is 2.44. The molecule has 1 amide bonds. The lowest BCUT2D eigenvalue weighted by Gasteiger charge is -2.09. The summed E-state index contributed by atoms with van der Waals surface area (Å²) in [5.41, 5.74) is 4.93. The number of hydrogen-bond donors (Lipinski definition) is 1. The molecular weight excluding hydrogens is 322 g/mol. The number of rotatable bonds is 6. The van der Waals surface area contributed by atoms with E-state index in [1.807, 2.05) is 29.2 Å². The van der Waals surface area contributed by atoms with Gasteiger partial charge in [-0.15, -0.1) is 0 Å². The highest BCUT2D eigenvalue weighted by atomic mass is 16.2. The van der Waals surface area contributed by atoms with Gasteiger partial charge in [0.2, 0.25) is 5.91 Å². The van der Waals surface area contributed by atoms with E-state index in [-0.39, 0.29) is 11.8 Å². The van der Waals surface area contributed by atoms with E-state index in [9.17, 15) is 4.79 Å². The SMILES string of the molecule is Cc1ccccc1[C@@H]1C[C@H]1C(=O)NCc1cccc(Cn2ccnc2)c1. The number of imidazole rings is 1. The molecule has 3 aromatic rings. The second-order valence-electron chi connectivity index (χ2n) is 7.08. The zero-order valence-corrected chi connectivity index (χ0v) is 14.9. The van der Waals surface area contributed by atoms with Crippen LogP contribution in [-0.2, 0) is 17.9 Å². The lowest BCUT2D eigenvalue weighted by molar-refractivity contribution is -0.122. The van der Waals surface area contributed by atoms with Crippen LogP contribution in [-0.4, -0.2) is 15.5 Å². The number of benzene rings is 2. The summed E-state index contributed by atoms with van der Waals surface area (Å²) in [4.78, 5) is 16.6. The summed E-state index contributed by atoms with van der Waals surface area (Å²) in [5.74, 6) is 0.660. The van der Waals surface area contributed by atoms with Crippen molar-refractivity contribution < 1.29 is 4.79 Å². The van der Waals surface area contributed by atoms with E-state index in [0.717, 1.165) is 18.5 Å². The van der Waals surface area contributed by atoms with Crippen LogP contribution < -0.4 is 5.32 Å². The second-order valence-corrected chi connectivity index (χ2v) is 7.08. The monoisotopic (exact) mass is 345 g/mol. The van der Waals surface area contributed by atoms with Crippen LogP contribution in [0.4, 0.5) is 0 Å². The summed E-state index contributed by atoms with van der Waals surface area (Å²) >= 11 is 0. The second kappa shape index (κ2) is 7.16. The first kappa shape index (κ1) is 16.6. The van der Waals surface area contributed by atoms with Crippen molar-refractivity contribution in [2.24, 2.45) is 5.92 Å². The molecule has 2 aromatic carbocycles. The van der Waals surface area contributed by atoms with Gasteiger partial charge < -0.3 is 9.88 Å². The van der Waals surface area contributed by atoms with Crippen molar-refractivity contribution in [1.29, 1.82) is 0 Å². The lowest BCUT2D eigenvalue weighted by Crippen LogP contribution is -2.25. The van der Waals surface area contributed by atoms with E-state index < -0.39 is 0 Å². The predicted molar refractivity (Wildman–Crippen MR) is 102 cm³/mol. The van der Waals surface area contributed by atoms with Crippen molar-refractivity contribution in [3.8, 4) is 0 Å². The van der Waals surface area contributed by atoms with Crippen LogP contribution >= 0.6 is 0 Å². The first-order valence-corrected chi connectivity index (χ1v) is 9.07. The summed E-state index contributed by atoms with van der Waals surface area (Å²) < 4.78 is 2.04. The van der Waals surface area contributed by atoms with Crippen LogP contribution in [0.5, 0.6) is 0 Å². The Hall–Kier alpha value is -2.88. The number of aromatic nitrogens is 2. The number of nitrogens with zero attached hydrogens (tertiary/aromatic N) is 2. The molecule has 0 unspecified atom stereocenters. The molecule has 1 heterocycles. The average Bonchev–Trinajstić information content (AvgIpc) is 3.28. The number of amides is 1. The van der Waals surface area contributed by atoms with E-state index >= 15 is 0 Å². The quantitative estimate of drug-likeness (QED) is 0.741. The Morgan fingerprint density at radius 3 is 2.85 bits per heavy atom. The first-order valence-electron chi connectivity index (χ1n) is 9.07. The van der Waals surface area contributed by atoms with Crippen LogP contribution in [0.3, 0.4) is 0 Å². The summed E-state index contributed by atoms with van der Waals surface area (Å²) in [7, 11) is 0. The highest BCUT2D eigenvalue weighted by Crippen LogP contribution is 2.48. The first-order chi connectivity index (χ1) is 12.7. The molecule has 2 atom stereocenters. The Morgan fingerprint density at radius 1 is 1.19 bits per heavy atom. The van der Waals surface area contributed by atoms with Gasteiger partial charge in [0.1, 0.15) is 0 Å². The number of aryl methyl sites for hydroxylation is 1. The fourth-order valence-corrected chi connectivity index (χ4v) is 3.58.